The van der Waals surface area contributed by atoms with Gasteiger partial charge in [-0.1, -0.05) is 50.0 Å². The molecular formula is C30H33Cl2N5O2. The summed E-state index contributed by atoms with van der Waals surface area (Å²) in [6.07, 6.45) is 6.42. The van der Waals surface area contributed by atoms with Crippen LogP contribution in [0.5, 0.6) is 0 Å². The summed E-state index contributed by atoms with van der Waals surface area (Å²) in [4.78, 5) is 40.2. The Hall–Kier alpha value is -3.42. The lowest BCUT2D eigenvalue weighted by Gasteiger charge is -2.36. The van der Waals surface area contributed by atoms with E-state index >= 15 is 0 Å². The molecule has 0 bridgehead atoms. The minimum Gasteiger partial charge on any atom is -0.351 e. The Bertz CT molecular complexity index is 1440. The van der Waals surface area contributed by atoms with Crippen molar-refractivity contribution in [2.24, 2.45) is 0 Å². The fourth-order valence-electron chi connectivity index (χ4n) is 4.76. The van der Waals surface area contributed by atoms with Gasteiger partial charge in [-0.15, -0.1) is 0 Å². The molecule has 7 nitrogen and oxygen atoms in total. The van der Waals surface area contributed by atoms with Gasteiger partial charge in [0.05, 0.1) is 27.7 Å². The summed E-state index contributed by atoms with van der Waals surface area (Å²) < 4.78 is 0. The van der Waals surface area contributed by atoms with Gasteiger partial charge in [-0.2, -0.15) is 0 Å². The number of hydrogen-bond donors (Lipinski definition) is 2. The molecule has 9 heteroatoms. The number of aromatic amines is 1. The topological polar surface area (TPSA) is 91.0 Å². The summed E-state index contributed by atoms with van der Waals surface area (Å²) in [6.45, 7) is 7.01. The number of hydrogen-bond acceptors (Lipinski definition) is 4. The SMILES string of the molecule is CC.CC(CNC(=O)c1ccc(C(=O)N2CCCCC2c2cccnc2)c(Cl)c1)c1nc2ccc(Cl)cc2[nH]1. The van der Waals surface area contributed by atoms with Crippen LogP contribution < -0.4 is 5.32 Å². The number of benzene rings is 2. The molecule has 1 fully saturated rings. The maximum Gasteiger partial charge on any atom is 0.255 e. The second kappa shape index (κ2) is 13.1. The molecule has 0 saturated carbocycles. The first-order valence-corrected chi connectivity index (χ1v) is 14.1. The molecular weight excluding hydrogens is 533 g/mol. The summed E-state index contributed by atoms with van der Waals surface area (Å²) in [6, 6.07) is 14.2. The molecule has 2 atom stereocenters. The third-order valence-electron chi connectivity index (χ3n) is 6.79. The number of rotatable bonds is 6. The number of nitrogens with one attached hydrogen (secondary N) is 2. The fraction of sp³-hybridized carbons (Fsp3) is 0.333. The van der Waals surface area contributed by atoms with Crippen molar-refractivity contribution < 1.29 is 9.59 Å². The van der Waals surface area contributed by atoms with Crippen molar-refractivity contribution in [1.82, 2.24) is 25.2 Å². The average molecular weight is 567 g/mol. The number of amides is 2. The molecule has 4 aromatic rings. The van der Waals surface area contributed by atoms with E-state index in [1.54, 1.807) is 30.5 Å². The van der Waals surface area contributed by atoms with E-state index in [9.17, 15) is 9.59 Å². The first-order chi connectivity index (χ1) is 18.9. The monoisotopic (exact) mass is 565 g/mol. The van der Waals surface area contributed by atoms with Gasteiger partial charge in [0.1, 0.15) is 5.82 Å². The number of imidazole rings is 1. The lowest BCUT2D eigenvalue weighted by molar-refractivity contribution is 0.0611. The molecule has 2 unspecified atom stereocenters. The van der Waals surface area contributed by atoms with Gasteiger partial charge in [0.15, 0.2) is 0 Å². The maximum absolute atomic E-state index is 13.5. The summed E-state index contributed by atoms with van der Waals surface area (Å²) in [5.74, 6) is 0.318. The highest BCUT2D eigenvalue weighted by Crippen LogP contribution is 2.33. The lowest BCUT2D eigenvalue weighted by atomic mass is 9.95. The number of nitrogens with zero attached hydrogens (tertiary/aromatic N) is 3. The Morgan fingerprint density at radius 1 is 1.13 bits per heavy atom. The van der Waals surface area contributed by atoms with Crippen LogP contribution in [-0.4, -0.2) is 44.8 Å². The lowest BCUT2D eigenvalue weighted by Crippen LogP contribution is -2.38. The van der Waals surface area contributed by atoms with E-state index in [1.165, 1.54) is 0 Å². The van der Waals surface area contributed by atoms with Crippen LogP contribution in [-0.2, 0) is 0 Å². The van der Waals surface area contributed by atoms with Crippen molar-refractivity contribution in [1.29, 1.82) is 0 Å². The zero-order chi connectivity index (χ0) is 27.9. The largest absolute Gasteiger partial charge is 0.351 e. The van der Waals surface area contributed by atoms with E-state index in [2.05, 4.69) is 20.3 Å². The Labute approximate surface area is 238 Å². The van der Waals surface area contributed by atoms with Crippen molar-refractivity contribution in [2.45, 2.75) is 52.0 Å². The third kappa shape index (κ3) is 6.60. The molecule has 3 heterocycles. The maximum atomic E-state index is 13.5. The van der Waals surface area contributed by atoms with Crippen molar-refractivity contribution in [3.05, 3.63) is 93.5 Å². The average Bonchev–Trinajstić information content (AvgIpc) is 3.40. The van der Waals surface area contributed by atoms with Gasteiger partial charge in [0.25, 0.3) is 11.8 Å². The number of carbonyl (C=O) groups excluding carboxylic acids is 2. The molecule has 0 spiro atoms. The molecule has 5 rings (SSSR count). The van der Waals surface area contributed by atoms with Gasteiger partial charge < -0.3 is 15.2 Å². The quantitative estimate of drug-likeness (QED) is 0.258. The highest BCUT2D eigenvalue weighted by Gasteiger charge is 2.30. The van der Waals surface area contributed by atoms with Crippen LogP contribution in [0.4, 0.5) is 0 Å². The van der Waals surface area contributed by atoms with Gasteiger partial charge in [0, 0.05) is 42.0 Å². The third-order valence-corrected chi connectivity index (χ3v) is 7.34. The van der Waals surface area contributed by atoms with Gasteiger partial charge in [0.2, 0.25) is 0 Å². The fourth-order valence-corrected chi connectivity index (χ4v) is 5.19. The predicted octanol–water partition coefficient (Wildman–Crippen LogP) is 7.19. The Balaban J connectivity index is 0.00000172. The minimum absolute atomic E-state index is 0.0373. The van der Waals surface area contributed by atoms with Gasteiger partial charge >= 0.3 is 0 Å². The van der Waals surface area contributed by atoms with Gasteiger partial charge in [-0.25, -0.2) is 4.98 Å². The Morgan fingerprint density at radius 2 is 1.95 bits per heavy atom. The zero-order valence-corrected chi connectivity index (χ0v) is 23.9. The molecule has 2 aromatic heterocycles. The van der Waals surface area contributed by atoms with Crippen LogP contribution in [0.15, 0.2) is 60.9 Å². The van der Waals surface area contributed by atoms with Crippen LogP contribution in [0.3, 0.4) is 0 Å². The summed E-state index contributed by atoms with van der Waals surface area (Å²) >= 11 is 12.6. The van der Waals surface area contributed by atoms with E-state index in [0.29, 0.717) is 29.2 Å². The highest BCUT2D eigenvalue weighted by molar-refractivity contribution is 6.34. The normalized spacial score (nSPS) is 15.8. The molecule has 204 valence electrons. The number of carbonyl (C=O) groups is 2. The van der Waals surface area contributed by atoms with Crippen molar-refractivity contribution in [3.8, 4) is 0 Å². The molecule has 1 aliphatic heterocycles. The number of fused-ring (bicyclic) bond motifs is 1. The standard InChI is InChI=1S/C28H27Cl2N5O2.C2H6/c1-17(26-33-23-10-8-20(29)14-24(23)34-26)15-32-27(36)18-7-9-21(22(30)13-18)28(37)35-12-3-2-6-25(35)19-5-4-11-31-16-19;1-2/h4-5,7-11,13-14,16-17,25H,2-3,6,12,15H2,1H3,(H,32,36)(H,33,34);1-2H3. The van der Waals surface area contributed by atoms with Crippen LogP contribution in [0, 0.1) is 0 Å². The molecule has 2 amide bonds. The molecule has 1 aliphatic rings. The van der Waals surface area contributed by atoms with E-state index < -0.39 is 0 Å². The Morgan fingerprint density at radius 3 is 2.69 bits per heavy atom. The minimum atomic E-state index is -0.266. The number of likely N-dealkylation sites (tertiary alicyclic amines) is 1. The van der Waals surface area contributed by atoms with Crippen LogP contribution in [0.1, 0.15) is 84.1 Å². The smallest absolute Gasteiger partial charge is 0.255 e. The molecule has 2 aromatic carbocycles. The van der Waals surface area contributed by atoms with Crippen molar-refractivity contribution in [2.75, 3.05) is 13.1 Å². The Kier molecular flexibility index (Phi) is 9.59. The van der Waals surface area contributed by atoms with E-state index in [-0.39, 0.29) is 28.8 Å². The molecule has 39 heavy (non-hydrogen) atoms. The van der Waals surface area contributed by atoms with Gasteiger partial charge in [-0.05, 0) is 67.3 Å². The molecule has 0 aliphatic carbocycles. The second-order valence-corrected chi connectivity index (χ2v) is 10.2. The number of H-pyrrole nitrogens is 1. The van der Waals surface area contributed by atoms with E-state index in [4.69, 9.17) is 23.2 Å². The number of aromatic nitrogens is 3. The molecule has 2 N–H and O–H groups in total. The van der Waals surface area contributed by atoms with Crippen molar-refractivity contribution >= 4 is 46.0 Å². The highest BCUT2D eigenvalue weighted by atomic mass is 35.5. The van der Waals surface area contributed by atoms with Crippen molar-refractivity contribution in [3.63, 3.8) is 0 Å². The van der Waals surface area contributed by atoms with E-state index in [0.717, 1.165) is 41.7 Å². The summed E-state index contributed by atoms with van der Waals surface area (Å²) in [7, 11) is 0. The van der Waals surface area contributed by atoms with Crippen LogP contribution in [0.25, 0.3) is 11.0 Å². The number of halogens is 2. The second-order valence-electron chi connectivity index (χ2n) is 9.39. The predicted molar refractivity (Wildman–Crippen MR) is 157 cm³/mol. The summed E-state index contributed by atoms with van der Waals surface area (Å²) in [5.41, 5.74) is 3.48. The first-order valence-electron chi connectivity index (χ1n) is 13.3. The van der Waals surface area contributed by atoms with Crippen LogP contribution in [0.2, 0.25) is 10.0 Å². The first kappa shape index (κ1) is 28.6. The zero-order valence-electron chi connectivity index (χ0n) is 22.4. The molecule has 1 saturated heterocycles. The van der Waals surface area contributed by atoms with E-state index in [1.807, 2.05) is 56.1 Å². The number of pyridine rings is 1. The molecule has 0 radical (unpaired) electrons. The van der Waals surface area contributed by atoms with Crippen LogP contribution >= 0.6 is 23.2 Å². The van der Waals surface area contributed by atoms with Gasteiger partial charge in [-0.3, -0.25) is 14.6 Å². The summed E-state index contributed by atoms with van der Waals surface area (Å²) in [5, 5.41) is 3.83. The number of piperidine rings is 1.